The number of aliphatic hydroxyl groups is 1. The van der Waals surface area contributed by atoms with Crippen LogP contribution in [0.4, 0.5) is 4.79 Å². The van der Waals surface area contributed by atoms with Crippen molar-refractivity contribution >= 4 is 6.09 Å². The van der Waals surface area contributed by atoms with Gasteiger partial charge >= 0.3 is 6.09 Å². The quantitative estimate of drug-likeness (QED) is 0.875. The van der Waals surface area contributed by atoms with E-state index in [1.54, 1.807) is 0 Å². The zero-order chi connectivity index (χ0) is 18.0. The molecule has 1 saturated carbocycles. The Morgan fingerprint density at radius 2 is 2.21 bits per heavy atom. The van der Waals surface area contributed by atoms with Crippen LogP contribution in [-0.4, -0.2) is 38.6 Å². The first-order valence-corrected chi connectivity index (χ1v) is 8.61. The summed E-state index contributed by atoms with van der Waals surface area (Å²) in [5.41, 5.74) is -1.48. The van der Waals surface area contributed by atoms with Gasteiger partial charge < -0.3 is 19.7 Å². The molecule has 1 amide bonds. The molecule has 0 radical (unpaired) electrons. The summed E-state index contributed by atoms with van der Waals surface area (Å²) < 4.78 is 10.5. The molecule has 2 unspecified atom stereocenters. The van der Waals surface area contributed by atoms with Gasteiger partial charge in [0.15, 0.2) is 5.82 Å². The Labute approximate surface area is 143 Å². The maximum atomic E-state index is 11.9. The van der Waals surface area contributed by atoms with E-state index < -0.39 is 17.3 Å². The molecule has 2 atom stereocenters. The van der Waals surface area contributed by atoms with Gasteiger partial charge in [-0.25, -0.2) is 4.79 Å². The molecule has 0 bridgehead atoms. The van der Waals surface area contributed by atoms with Crippen molar-refractivity contribution in [1.29, 1.82) is 0 Å². The zero-order valence-corrected chi connectivity index (χ0v) is 15.3. The molecule has 7 heteroatoms. The number of carbonyl (C=O) groups excluding carboxylic acids is 1. The Morgan fingerprint density at radius 3 is 2.79 bits per heavy atom. The summed E-state index contributed by atoms with van der Waals surface area (Å²) in [5.74, 6) is 1.28. The van der Waals surface area contributed by atoms with Crippen molar-refractivity contribution in [2.75, 3.05) is 0 Å². The highest BCUT2D eigenvalue weighted by Gasteiger charge is 2.37. The van der Waals surface area contributed by atoms with Gasteiger partial charge in [-0.05, 0) is 46.5 Å². The fourth-order valence-corrected chi connectivity index (χ4v) is 2.95. The molecule has 1 aromatic heterocycles. The lowest BCUT2D eigenvalue weighted by atomic mass is 9.79. The lowest BCUT2D eigenvalue weighted by molar-refractivity contribution is -0.0149. The number of alkyl carbamates (subject to hydrolysis) is 1. The molecular weight excluding hydrogens is 310 g/mol. The van der Waals surface area contributed by atoms with E-state index in [2.05, 4.69) is 15.5 Å². The van der Waals surface area contributed by atoms with Gasteiger partial charge in [0.1, 0.15) is 5.60 Å². The van der Waals surface area contributed by atoms with Crippen molar-refractivity contribution in [3.63, 3.8) is 0 Å². The van der Waals surface area contributed by atoms with Crippen LogP contribution in [0.1, 0.15) is 77.9 Å². The monoisotopic (exact) mass is 339 g/mol. The number of ether oxygens (including phenoxy) is 1. The minimum absolute atomic E-state index is 0.119. The molecule has 1 aromatic rings. The summed E-state index contributed by atoms with van der Waals surface area (Å²) in [6.45, 7) is 9.46. The second-order valence-corrected chi connectivity index (χ2v) is 8.04. The maximum absolute atomic E-state index is 11.9. The van der Waals surface area contributed by atoms with Gasteiger partial charge in [0.25, 0.3) is 0 Å². The van der Waals surface area contributed by atoms with E-state index in [-0.39, 0.29) is 12.0 Å². The van der Waals surface area contributed by atoms with Crippen LogP contribution >= 0.6 is 0 Å². The Bertz CT molecular complexity index is 564. The maximum Gasteiger partial charge on any atom is 0.407 e. The van der Waals surface area contributed by atoms with E-state index in [4.69, 9.17) is 9.26 Å². The molecule has 7 nitrogen and oxygen atoms in total. The second kappa shape index (κ2) is 7.09. The van der Waals surface area contributed by atoms with Gasteiger partial charge in [-0.1, -0.05) is 19.0 Å². The van der Waals surface area contributed by atoms with E-state index in [0.29, 0.717) is 31.0 Å². The number of amides is 1. The first kappa shape index (κ1) is 18.7. The number of hydrogen-bond donors (Lipinski definition) is 2. The van der Waals surface area contributed by atoms with Crippen LogP contribution in [0.15, 0.2) is 4.52 Å². The predicted octanol–water partition coefficient (Wildman–Crippen LogP) is 2.93. The van der Waals surface area contributed by atoms with Crippen molar-refractivity contribution in [1.82, 2.24) is 15.5 Å². The zero-order valence-electron chi connectivity index (χ0n) is 15.3. The molecule has 1 heterocycles. The van der Waals surface area contributed by atoms with Crippen LogP contribution < -0.4 is 5.32 Å². The molecule has 136 valence electrons. The van der Waals surface area contributed by atoms with Gasteiger partial charge in [0, 0.05) is 12.0 Å². The Kier molecular flexibility index (Phi) is 5.52. The van der Waals surface area contributed by atoms with E-state index in [1.165, 1.54) is 0 Å². The van der Waals surface area contributed by atoms with E-state index in [0.717, 1.165) is 12.8 Å². The van der Waals surface area contributed by atoms with Crippen LogP contribution in [0.5, 0.6) is 0 Å². The third-order valence-electron chi connectivity index (χ3n) is 4.02. The highest BCUT2D eigenvalue weighted by molar-refractivity contribution is 5.68. The lowest BCUT2D eigenvalue weighted by Gasteiger charge is -2.36. The van der Waals surface area contributed by atoms with E-state index in [1.807, 2.05) is 34.6 Å². The first-order chi connectivity index (χ1) is 11.1. The average molecular weight is 339 g/mol. The third-order valence-corrected chi connectivity index (χ3v) is 4.02. The van der Waals surface area contributed by atoms with Crippen molar-refractivity contribution in [2.24, 2.45) is 0 Å². The van der Waals surface area contributed by atoms with Gasteiger partial charge in [-0.15, -0.1) is 0 Å². The van der Waals surface area contributed by atoms with Crippen LogP contribution in [0.3, 0.4) is 0 Å². The molecule has 0 aromatic carbocycles. The second-order valence-electron chi connectivity index (χ2n) is 8.04. The highest BCUT2D eigenvalue weighted by atomic mass is 16.6. The number of carbonyl (C=O) groups is 1. The topological polar surface area (TPSA) is 97.5 Å². The average Bonchev–Trinajstić information content (AvgIpc) is 2.84. The number of rotatable bonds is 4. The summed E-state index contributed by atoms with van der Waals surface area (Å²) in [5, 5.41) is 17.7. The van der Waals surface area contributed by atoms with Crippen molar-refractivity contribution in [2.45, 2.75) is 89.9 Å². The molecule has 1 aliphatic rings. The predicted molar refractivity (Wildman–Crippen MR) is 88.7 cm³/mol. The molecule has 2 N–H and O–H groups in total. The standard InChI is InChI=1S/C17H29N3O4/c1-11(2)14-19-13(24-20-14)10-17(22)8-6-7-12(9-17)18-15(21)23-16(3,4)5/h11-12,22H,6-10H2,1-5H3,(H,18,21). The summed E-state index contributed by atoms with van der Waals surface area (Å²) in [6, 6.07) is -0.119. The first-order valence-electron chi connectivity index (χ1n) is 8.61. The van der Waals surface area contributed by atoms with E-state index >= 15 is 0 Å². The Morgan fingerprint density at radius 1 is 1.50 bits per heavy atom. The van der Waals surface area contributed by atoms with Crippen LogP contribution in [0.2, 0.25) is 0 Å². The molecule has 0 saturated heterocycles. The fraction of sp³-hybridized carbons (Fsp3) is 0.824. The SMILES string of the molecule is CC(C)c1noc(CC2(O)CCCC(NC(=O)OC(C)(C)C)C2)n1. The molecule has 1 fully saturated rings. The molecule has 2 rings (SSSR count). The van der Waals surface area contributed by atoms with E-state index in [9.17, 15) is 9.90 Å². The minimum Gasteiger partial charge on any atom is -0.444 e. The fourth-order valence-electron chi connectivity index (χ4n) is 2.95. The number of nitrogens with one attached hydrogen (secondary N) is 1. The summed E-state index contributed by atoms with van der Waals surface area (Å²) in [6.07, 6.45) is 2.60. The highest BCUT2D eigenvalue weighted by Crippen LogP contribution is 2.31. The van der Waals surface area contributed by atoms with Crippen LogP contribution in [0.25, 0.3) is 0 Å². The Hall–Kier alpha value is -1.63. The van der Waals surface area contributed by atoms with Crippen molar-refractivity contribution in [3.8, 4) is 0 Å². The Balaban J connectivity index is 1.94. The van der Waals surface area contributed by atoms with Gasteiger partial charge in [-0.2, -0.15) is 4.98 Å². The third kappa shape index (κ3) is 5.47. The lowest BCUT2D eigenvalue weighted by Crippen LogP contribution is -2.48. The molecule has 1 aliphatic carbocycles. The van der Waals surface area contributed by atoms with Gasteiger partial charge in [0.2, 0.25) is 5.89 Å². The van der Waals surface area contributed by atoms with Crippen molar-refractivity contribution < 1.29 is 19.2 Å². The van der Waals surface area contributed by atoms with Crippen LogP contribution in [0, 0.1) is 0 Å². The van der Waals surface area contributed by atoms with Gasteiger partial charge in [0.05, 0.1) is 12.0 Å². The number of hydrogen-bond acceptors (Lipinski definition) is 6. The largest absolute Gasteiger partial charge is 0.444 e. The number of aromatic nitrogens is 2. The molecule has 0 spiro atoms. The summed E-state index contributed by atoms with van der Waals surface area (Å²) in [4.78, 5) is 16.3. The normalized spacial score (nSPS) is 24.9. The summed E-state index contributed by atoms with van der Waals surface area (Å²) >= 11 is 0. The molecule has 0 aliphatic heterocycles. The molecular formula is C17H29N3O4. The van der Waals surface area contributed by atoms with Crippen molar-refractivity contribution in [3.05, 3.63) is 11.7 Å². The minimum atomic E-state index is -0.946. The smallest absolute Gasteiger partial charge is 0.407 e. The van der Waals surface area contributed by atoms with Crippen LogP contribution in [-0.2, 0) is 11.2 Å². The molecule has 24 heavy (non-hydrogen) atoms. The van der Waals surface area contributed by atoms with Gasteiger partial charge in [-0.3, -0.25) is 0 Å². The summed E-state index contributed by atoms with van der Waals surface area (Å²) in [7, 11) is 0. The number of nitrogens with zero attached hydrogens (tertiary/aromatic N) is 2.